The molecule has 0 aliphatic carbocycles. The second kappa shape index (κ2) is 4.43. The van der Waals surface area contributed by atoms with Crippen molar-refractivity contribution in [3.05, 3.63) is 0 Å². The second-order valence-corrected chi connectivity index (χ2v) is 5.70. The fourth-order valence-corrected chi connectivity index (χ4v) is 1.41. The molecule has 80 valence electrons. The van der Waals surface area contributed by atoms with E-state index in [0.29, 0.717) is 12.5 Å². The highest BCUT2D eigenvalue weighted by atomic mass is 16.3. The van der Waals surface area contributed by atoms with Gasteiger partial charge in [-0.3, -0.25) is 0 Å². The van der Waals surface area contributed by atoms with Gasteiger partial charge in [0, 0.05) is 12.1 Å². The minimum atomic E-state index is -0.582. The van der Waals surface area contributed by atoms with Crippen LogP contribution < -0.4 is 5.32 Å². The quantitative estimate of drug-likeness (QED) is 0.707. The van der Waals surface area contributed by atoms with E-state index in [2.05, 4.69) is 39.9 Å². The Morgan fingerprint density at radius 3 is 1.92 bits per heavy atom. The molecule has 0 aromatic carbocycles. The molecule has 0 amide bonds. The molecular weight excluding hydrogens is 162 g/mol. The summed E-state index contributed by atoms with van der Waals surface area (Å²) in [4.78, 5) is 0. The van der Waals surface area contributed by atoms with Crippen molar-refractivity contribution in [3.8, 4) is 0 Å². The van der Waals surface area contributed by atoms with Gasteiger partial charge < -0.3 is 10.4 Å². The van der Waals surface area contributed by atoms with Gasteiger partial charge in [0.25, 0.3) is 0 Å². The molecule has 1 unspecified atom stereocenters. The van der Waals surface area contributed by atoms with Gasteiger partial charge in [-0.2, -0.15) is 0 Å². The van der Waals surface area contributed by atoms with Crippen molar-refractivity contribution in [1.29, 1.82) is 0 Å². The van der Waals surface area contributed by atoms with E-state index in [-0.39, 0.29) is 5.54 Å². The van der Waals surface area contributed by atoms with Gasteiger partial charge in [0.2, 0.25) is 0 Å². The minimum absolute atomic E-state index is 0.0843. The summed E-state index contributed by atoms with van der Waals surface area (Å²) in [7, 11) is 0. The highest BCUT2D eigenvalue weighted by Gasteiger charge is 2.23. The van der Waals surface area contributed by atoms with Gasteiger partial charge >= 0.3 is 0 Å². The monoisotopic (exact) mass is 187 g/mol. The van der Waals surface area contributed by atoms with Crippen LogP contribution in [0.1, 0.15) is 48.0 Å². The second-order valence-electron chi connectivity index (χ2n) is 5.70. The molecule has 0 spiro atoms. The molecule has 0 rings (SSSR count). The zero-order valence-electron chi connectivity index (χ0n) is 9.94. The number of aliphatic hydroxyl groups is 1. The number of nitrogens with one attached hydrogen (secondary N) is 1. The molecule has 0 radical (unpaired) electrons. The van der Waals surface area contributed by atoms with Gasteiger partial charge in [-0.25, -0.2) is 0 Å². The van der Waals surface area contributed by atoms with Gasteiger partial charge in [-0.1, -0.05) is 13.8 Å². The van der Waals surface area contributed by atoms with Gasteiger partial charge in [-0.05, 0) is 40.0 Å². The molecule has 2 nitrogen and oxygen atoms in total. The third kappa shape index (κ3) is 8.26. The van der Waals surface area contributed by atoms with Crippen LogP contribution in [-0.4, -0.2) is 22.8 Å². The highest BCUT2D eigenvalue weighted by Crippen LogP contribution is 2.16. The lowest BCUT2D eigenvalue weighted by Gasteiger charge is -2.30. The topological polar surface area (TPSA) is 32.3 Å². The molecule has 2 N–H and O–H groups in total. The Hall–Kier alpha value is -0.0800. The van der Waals surface area contributed by atoms with Crippen molar-refractivity contribution in [2.45, 2.75) is 59.1 Å². The van der Waals surface area contributed by atoms with E-state index >= 15 is 0 Å². The number of hydrogen-bond donors (Lipinski definition) is 2. The molecule has 0 bridgehead atoms. The predicted molar refractivity (Wildman–Crippen MR) is 57.8 cm³/mol. The van der Waals surface area contributed by atoms with E-state index in [1.54, 1.807) is 0 Å². The Balaban J connectivity index is 3.89. The number of rotatable bonds is 4. The Labute approximate surface area is 82.7 Å². The summed E-state index contributed by atoms with van der Waals surface area (Å²) < 4.78 is 0. The fourth-order valence-electron chi connectivity index (χ4n) is 1.41. The third-order valence-corrected chi connectivity index (χ3v) is 1.85. The molecule has 0 aliphatic rings. The maximum absolute atomic E-state index is 9.99. The van der Waals surface area contributed by atoms with E-state index in [9.17, 15) is 5.11 Å². The van der Waals surface area contributed by atoms with E-state index in [0.717, 1.165) is 6.42 Å². The van der Waals surface area contributed by atoms with Crippen LogP contribution in [0.25, 0.3) is 0 Å². The zero-order valence-corrected chi connectivity index (χ0v) is 9.94. The highest BCUT2D eigenvalue weighted by molar-refractivity contribution is 4.81. The van der Waals surface area contributed by atoms with Gasteiger partial charge in [0.05, 0.1) is 5.60 Å². The first-order chi connectivity index (χ1) is 5.62. The van der Waals surface area contributed by atoms with Crippen molar-refractivity contribution in [2.75, 3.05) is 6.54 Å². The van der Waals surface area contributed by atoms with Crippen LogP contribution in [-0.2, 0) is 0 Å². The van der Waals surface area contributed by atoms with Crippen LogP contribution in [0.4, 0.5) is 0 Å². The molecule has 13 heavy (non-hydrogen) atoms. The summed E-state index contributed by atoms with van der Waals surface area (Å²) in [5.74, 6) is 0.539. The molecular formula is C11H25NO. The summed E-state index contributed by atoms with van der Waals surface area (Å²) in [5, 5.41) is 13.3. The van der Waals surface area contributed by atoms with Crippen molar-refractivity contribution in [1.82, 2.24) is 5.32 Å². The first-order valence-electron chi connectivity index (χ1n) is 5.10. The summed E-state index contributed by atoms with van der Waals surface area (Å²) in [5.41, 5.74) is -0.498. The maximum atomic E-state index is 9.99. The van der Waals surface area contributed by atoms with Gasteiger partial charge in [0.1, 0.15) is 0 Å². The molecule has 0 saturated carbocycles. The molecule has 0 aliphatic heterocycles. The van der Waals surface area contributed by atoms with Crippen LogP contribution in [0.15, 0.2) is 0 Å². The van der Waals surface area contributed by atoms with Crippen molar-refractivity contribution in [3.63, 3.8) is 0 Å². The Morgan fingerprint density at radius 1 is 1.15 bits per heavy atom. The summed E-state index contributed by atoms with van der Waals surface area (Å²) in [6, 6.07) is 0. The molecule has 0 heterocycles. The minimum Gasteiger partial charge on any atom is -0.389 e. The third-order valence-electron chi connectivity index (χ3n) is 1.85. The molecule has 1 atom stereocenters. The average Bonchev–Trinajstić information content (AvgIpc) is 1.79. The fraction of sp³-hybridized carbons (Fsp3) is 1.00. The first-order valence-corrected chi connectivity index (χ1v) is 5.10. The van der Waals surface area contributed by atoms with Crippen LogP contribution in [0.3, 0.4) is 0 Å². The number of β-amino-alcohol motifs (C(OH)–C–C–N with tert-alkyl or cyclic N) is 1. The van der Waals surface area contributed by atoms with Gasteiger partial charge in [-0.15, -0.1) is 0 Å². The van der Waals surface area contributed by atoms with E-state index < -0.39 is 5.60 Å². The van der Waals surface area contributed by atoms with Crippen LogP contribution in [0.2, 0.25) is 0 Å². The lowest BCUT2D eigenvalue weighted by atomic mass is 9.93. The van der Waals surface area contributed by atoms with Crippen LogP contribution in [0.5, 0.6) is 0 Å². The zero-order chi connectivity index (χ0) is 10.7. The molecule has 0 aromatic rings. The Kier molecular flexibility index (Phi) is 4.40. The summed E-state index contributed by atoms with van der Waals surface area (Å²) >= 11 is 0. The number of hydrogen-bond acceptors (Lipinski definition) is 2. The van der Waals surface area contributed by atoms with E-state index in [1.807, 2.05) is 6.92 Å². The first kappa shape index (κ1) is 12.9. The normalized spacial score (nSPS) is 17.5. The van der Waals surface area contributed by atoms with Crippen molar-refractivity contribution in [2.24, 2.45) is 5.92 Å². The van der Waals surface area contributed by atoms with Crippen LogP contribution in [0, 0.1) is 5.92 Å². The van der Waals surface area contributed by atoms with Gasteiger partial charge in [0.15, 0.2) is 0 Å². The Morgan fingerprint density at radius 2 is 1.62 bits per heavy atom. The molecule has 0 saturated heterocycles. The lowest BCUT2D eigenvalue weighted by molar-refractivity contribution is 0.0328. The van der Waals surface area contributed by atoms with E-state index in [1.165, 1.54) is 0 Å². The molecule has 0 aromatic heterocycles. The smallest absolute Gasteiger partial charge is 0.0746 e. The van der Waals surface area contributed by atoms with Crippen molar-refractivity contribution < 1.29 is 5.11 Å². The van der Waals surface area contributed by atoms with Crippen molar-refractivity contribution >= 4 is 0 Å². The predicted octanol–water partition coefficient (Wildman–Crippen LogP) is 2.17. The summed E-state index contributed by atoms with van der Waals surface area (Å²) in [6.07, 6.45) is 0.843. The van der Waals surface area contributed by atoms with Crippen LogP contribution >= 0.6 is 0 Å². The largest absolute Gasteiger partial charge is 0.389 e. The standard InChI is InChI=1S/C11H25NO/c1-9(2)7-11(6,13)8-12-10(3,4)5/h9,12-13H,7-8H2,1-6H3. The molecule has 2 heteroatoms. The average molecular weight is 187 g/mol. The maximum Gasteiger partial charge on any atom is 0.0746 e. The lowest BCUT2D eigenvalue weighted by Crippen LogP contribution is -2.46. The SMILES string of the molecule is CC(C)CC(C)(O)CNC(C)(C)C. The Bertz CT molecular complexity index is 145. The summed E-state index contributed by atoms with van der Waals surface area (Å²) in [6.45, 7) is 13.1. The molecule has 0 fully saturated rings. The van der Waals surface area contributed by atoms with E-state index in [4.69, 9.17) is 0 Å².